The fourth-order valence-corrected chi connectivity index (χ4v) is 4.39. The van der Waals surface area contributed by atoms with Crippen LogP contribution in [-0.4, -0.2) is 63.6 Å². The summed E-state index contributed by atoms with van der Waals surface area (Å²) in [5.74, 6) is 0.680. The molecule has 2 aromatic carbocycles. The van der Waals surface area contributed by atoms with Crippen molar-refractivity contribution in [3.63, 3.8) is 0 Å². The summed E-state index contributed by atoms with van der Waals surface area (Å²) < 4.78 is 50.4. The van der Waals surface area contributed by atoms with E-state index in [1.807, 2.05) is 18.2 Å². The van der Waals surface area contributed by atoms with Gasteiger partial charge in [0.15, 0.2) is 11.5 Å². The minimum absolute atomic E-state index is 0.0785. The Hall–Kier alpha value is -2.69. The van der Waals surface area contributed by atoms with Gasteiger partial charge in [-0.05, 0) is 42.0 Å². The van der Waals surface area contributed by atoms with Gasteiger partial charge >= 0.3 is 0 Å². The normalized spacial score (nSPS) is 16.6. The van der Waals surface area contributed by atoms with Crippen molar-refractivity contribution in [3.8, 4) is 11.5 Å². The van der Waals surface area contributed by atoms with Crippen molar-refractivity contribution in [1.29, 1.82) is 0 Å². The number of piperazine rings is 1. The van der Waals surface area contributed by atoms with Crippen LogP contribution in [-0.2, 0) is 21.4 Å². The van der Waals surface area contributed by atoms with E-state index in [1.54, 1.807) is 4.90 Å². The van der Waals surface area contributed by atoms with Gasteiger partial charge in [0.25, 0.3) is 0 Å². The SMILES string of the molecule is O=C(CNS(=O)(=O)c1ccc(F)cc1)N1CCN(Cc2ccc3c(c2)OCO3)CC1. The van der Waals surface area contributed by atoms with Crippen molar-refractivity contribution in [2.45, 2.75) is 11.4 Å². The largest absolute Gasteiger partial charge is 0.454 e. The van der Waals surface area contributed by atoms with E-state index in [9.17, 15) is 17.6 Å². The number of amides is 1. The molecule has 1 saturated heterocycles. The second kappa shape index (κ2) is 8.58. The third kappa shape index (κ3) is 4.72. The van der Waals surface area contributed by atoms with E-state index in [1.165, 1.54) is 0 Å². The molecule has 4 rings (SSSR count). The molecule has 1 fully saturated rings. The second-order valence-corrected chi connectivity index (χ2v) is 8.89. The zero-order valence-electron chi connectivity index (χ0n) is 16.2. The monoisotopic (exact) mass is 435 g/mol. The van der Waals surface area contributed by atoms with E-state index in [0.717, 1.165) is 47.9 Å². The van der Waals surface area contributed by atoms with Gasteiger partial charge in [0.1, 0.15) is 5.82 Å². The highest BCUT2D eigenvalue weighted by Crippen LogP contribution is 2.32. The van der Waals surface area contributed by atoms with Gasteiger partial charge in [0.05, 0.1) is 11.4 Å². The van der Waals surface area contributed by atoms with E-state index in [2.05, 4.69) is 9.62 Å². The first-order chi connectivity index (χ1) is 14.4. The number of fused-ring (bicyclic) bond motifs is 1. The highest BCUT2D eigenvalue weighted by Gasteiger charge is 2.23. The van der Waals surface area contributed by atoms with Crippen molar-refractivity contribution >= 4 is 15.9 Å². The Morgan fingerprint density at radius 2 is 1.70 bits per heavy atom. The minimum atomic E-state index is -3.86. The molecule has 10 heteroatoms. The van der Waals surface area contributed by atoms with Crippen LogP contribution in [0.25, 0.3) is 0 Å². The van der Waals surface area contributed by atoms with Crippen molar-refractivity contribution in [1.82, 2.24) is 14.5 Å². The Bertz CT molecular complexity index is 1020. The maximum Gasteiger partial charge on any atom is 0.241 e. The van der Waals surface area contributed by atoms with Gasteiger partial charge in [0.2, 0.25) is 22.7 Å². The number of halogens is 1. The van der Waals surface area contributed by atoms with E-state index in [0.29, 0.717) is 26.2 Å². The van der Waals surface area contributed by atoms with Gasteiger partial charge in [-0.2, -0.15) is 0 Å². The molecule has 2 aromatic rings. The maximum atomic E-state index is 13.0. The Kier molecular flexibility index (Phi) is 5.89. The molecule has 2 aliphatic heterocycles. The van der Waals surface area contributed by atoms with Crippen LogP contribution in [0.2, 0.25) is 0 Å². The summed E-state index contributed by atoms with van der Waals surface area (Å²) in [4.78, 5) is 16.2. The third-order valence-corrected chi connectivity index (χ3v) is 6.52. The Morgan fingerprint density at radius 3 is 2.43 bits per heavy atom. The lowest BCUT2D eigenvalue weighted by Gasteiger charge is -2.34. The molecule has 0 saturated carbocycles. The van der Waals surface area contributed by atoms with Crippen molar-refractivity contribution in [3.05, 3.63) is 53.8 Å². The molecule has 0 radical (unpaired) electrons. The first-order valence-electron chi connectivity index (χ1n) is 9.55. The highest BCUT2D eigenvalue weighted by atomic mass is 32.2. The molecular formula is C20H22FN3O5S. The van der Waals surface area contributed by atoms with Crippen LogP contribution in [0, 0.1) is 5.82 Å². The summed E-state index contributed by atoms with van der Waals surface area (Å²) >= 11 is 0. The molecule has 0 unspecified atom stereocenters. The zero-order valence-corrected chi connectivity index (χ0v) is 17.0. The van der Waals surface area contributed by atoms with Gasteiger partial charge in [-0.1, -0.05) is 6.07 Å². The number of nitrogens with zero attached hydrogens (tertiary/aromatic N) is 2. The summed E-state index contributed by atoms with van der Waals surface area (Å²) in [6.45, 7) is 3.04. The summed E-state index contributed by atoms with van der Waals surface area (Å²) in [6.07, 6.45) is 0. The van der Waals surface area contributed by atoms with E-state index in [4.69, 9.17) is 9.47 Å². The van der Waals surface area contributed by atoms with Gasteiger partial charge in [-0.3, -0.25) is 9.69 Å². The number of benzene rings is 2. The minimum Gasteiger partial charge on any atom is -0.454 e. The zero-order chi connectivity index (χ0) is 21.1. The molecule has 30 heavy (non-hydrogen) atoms. The number of sulfonamides is 1. The molecule has 0 atom stereocenters. The van der Waals surface area contributed by atoms with Gasteiger partial charge < -0.3 is 14.4 Å². The van der Waals surface area contributed by atoms with Crippen molar-refractivity contribution in [2.75, 3.05) is 39.5 Å². The van der Waals surface area contributed by atoms with Crippen molar-refractivity contribution < 1.29 is 27.1 Å². The van der Waals surface area contributed by atoms with E-state index in [-0.39, 0.29) is 24.1 Å². The second-order valence-electron chi connectivity index (χ2n) is 7.12. The van der Waals surface area contributed by atoms with Crippen molar-refractivity contribution in [2.24, 2.45) is 0 Å². The first-order valence-corrected chi connectivity index (χ1v) is 11.0. The first kappa shape index (κ1) is 20.6. The average Bonchev–Trinajstić information content (AvgIpc) is 3.21. The fraction of sp³-hybridized carbons (Fsp3) is 0.350. The van der Waals surface area contributed by atoms with Crippen LogP contribution in [0.4, 0.5) is 4.39 Å². The number of ether oxygens (including phenoxy) is 2. The number of nitrogens with one attached hydrogen (secondary N) is 1. The van der Waals surface area contributed by atoms with Crippen LogP contribution in [0.1, 0.15) is 5.56 Å². The van der Waals surface area contributed by atoms with Crippen LogP contribution in [0.5, 0.6) is 11.5 Å². The standard InChI is InChI=1S/C20H22FN3O5S/c21-16-2-4-17(5-3-16)30(26,27)22-12-20(25)24-9-7-23(8-10-24)13-15-1-6-18-19(11-15)29-14-28-18/h1-6,11,22H,7-10,12-14H2. The molecular weight excluding hydrogens is 413 g/mol. The third-order valence-electron chi connectivity index (χ3n) is 5.11. The molecule has 2 aliphatic rings. The van der Waals surface area contributed by atoms with Gasteiger partial charge in [-0.25, -0.2) is 17.5 Å². The van der Waals surface area contributed by atoms with E-state index < -0.39 is 15.8 Å². The maximum absolute atomic E-state index is 13.0. The smallest absolute Gasteiger partial charge is 0.241 e. The summed E-state index contributed by atoms with van der Waals surface area (Å²) in [6, 6.07) is 10.3. The van der Waals surface area contributed by atoms with Gasteiger partial charge in [-0.15, -0.1) is 0 Å². The topological polar surface area (TPSA) is 88.2 Å². The molecule has 8 nitrogen and oxygen atoms in total. The summed E-state index contributed by atoms with van der Waals surface area (Å²) in [7, 11) is -3.86. The summed E-state index contributed by atoms with van der Waals surface area (Å²) in [5.41, 5.74) is 1.10. The lowest BCUT2D eigenvalue weighted by molar-refractivity contribution is -0.131. The molecule has 0 bridgehead atoms. The van der Waals surface area contributed by atoms with Crippen LogP contribution in [0.3, 0.4) is 0 Å². The van der Waals surface area contributed by atoms with Crippen LogP contribution >= 0.6 is 0 Å². The number of rotatable bonds is 6. The fourth-order valence-electron chi connectivity index (χ4n) is 3.42. The quantitative estimate of drug-likeness (QED) is 0.733. The number of hydrogen-bond acceptors (Lipinski definition) is 6. The van der Waals surface area contributed by atoms with Gasteiger partial charge in [0, 0.05) is 32.7 Å². The molecule has 0 spiro atoms. The molecule has 1 N–H and O–H groups in total. The molecule has 2 heterocycles. The number of carbonyl (C=O) groups excluding carboxylic acids is 1. The molecule has 0 aliphatic carbocycles. The number of hydrogen-bond donors (Lipinski definition) is 1. The van der Waals surface area contributed by atoms with E-state index >= 15 is 0 Å². The van der Waals surface area contributed by atoms with Crippen LogP contribution < -0.4 is 14.2 Å². The molecule has 160 valence electrons. The highest BCUT2D eigenvalue weighted by molar-refractivity contribution is 7.89. The predicted molar refractivity (Wildman–Crippen MR) is 106 cm³/mol. The average molecular weight is 435 g/mol. The summed E-state index contributed by atoms with van der Waals surface area (Å²) in [5, 5.41) is 0. The lowest BCUT2D eigenvalue weighted by Crippen LogP contribution is -2.50. The molecule has 0 aromatic heterocycles. The Morgan fingerprint density at radius 1 is 1.00 bits per heavy atom. The number of carbonyl (C=O) groups is 1. The Labute approximate surface area is 174 Å². The Balaban J connectivity index is 1.25. The lowest BCUT2D eigenvalue weighted by atomic mass is 10.1. The molecule has 1 amide bonds. The predicted octanol–water partition coefficient (Wildman–Crippen LogP) is 1.18. The van der Waals surface area contributed by atoms with Crippen LogP contribution in [0.15, 0.2) is 47.4 Å².